The second-order valence-corrected chi connectivity index (χ2v) is 21.2. The Kier molecular flexibility index (Phi) is 10.9. The van der Waals surface area contributed by atoms with Crippen molar-refractivity contribution in [2.75, 3.05) is 0 Å². The molecule has 0 bridgehead atoms. The number of allylic oxidation sites excluding steroid dienone is 4. The molecule has 2 aliphatic rings. The van der Waals surface area contributed by atoms with Gasteiger partial charge in [-0.05, 0) is 0 Å². The first-order valence-electron chi connectivity index (χ1n) is 16.4. The molecule has 0 N–H and O–H groups in total. The summed E-state index contributed by atoms with van der Waals surface area (Å²) in [5, 5.41) is 0. The molecule has 4 aromatic carbocycles. The zero-order chi connectivity index (χ0) is 33.0. The minimum Gasteiger partial charge on any atom is -2.00 e. The van der Waals surface area contributed by atoms with Crippen molar-refractivity contribution in [1.82, 2.24) is 0 Å². The van der Waals surface area contributed by atoms with Gasteiger partial charge in [0.25, 0.3) is 0 Å². The van der Waals surface area contributed by atoms with Crippen LogP contribution in [0, 0.1) is 0 Å². The Bertz CT molecular complexity index is 1910. The van der Waals surface area contributed by atoms with E-state index in [9.17, 15) is 9.59 Å². The van der Waals surface area contributed by atoms with Crippen molar-refractivity contribution in [2.24, 2.45) is 0 Å². The topological polar surface area (TPSA) is 91.1 Å². The summed E-state index contributed by atoms with van der Waals surface area (Å²) >= 11 is -3.44. The zero-order valence-corrected chi connectivity index (χ0v) is 31.7. The second-order valence-electron chi connectivity index (χ2n) is 15.1. The third kappa shape index (κ3) is 7.06. The summed E-state index contributed by atoms with van der Waals surface area (Å²) in [6.45, 7) is 17.9. The van der Waals surface area contributed by atoms with Gasteiger partial charge in [-0.15, -0.1) is 0 Å². The number of carbonyl (C=O) groups excluding carboxylic acids is 2. The quantitative estimate of drug-likeness (QED) is 0.129. The molecular weight excluding hydrogens is 672 g/mol. The van der Waals surface area contributed by atoms with Gasteiger partial charge in [0.05, 0.1) is 0 Å². The number of fused-ring (bicyclic) bond motifs is 3. The van der Waals surface area contributed by atoms with Crippen LogP contribution in [-0.2, 0) is 49.5 Å². The van der Waals surface area contributed by atoms with E-state index in [1.165, 1.54) is 47.8 Å². The summed E-state index contributed by atoms with van der Waals surface area (Å²) in [5.74, 6) is -0.231. The minimum absolute atomic E-state index is 0. The van der Waals surface area contributed by atoms with Crippen LogP contribution in [0.2, 0.25) is 3.63 Å². The van der Waals surface area contributed by atoms with Gasteiger partial charge in [-0.2, -0.15) is 0 Å². The van der Waals surface area contributed by atoms with Crippen molar-refractivity contribution < 1.29 is 41.8 Å². The van der Waals surface area contributed by atoms with Gasteiger partial charge in [0.15, 0.2) is 0 Å². The van der Waals surface area contributed by atoms with E-state index in [0.29, 0.717) is 14.3 Å². The molecule has 2 aliphatic carbocycles. The molecule has 0 heterocycles. The SMILES string of the molecule is CC1=C[CH]([Zr+4](=[C](C(=O)c2ccccc2)C(=O)c2ccccc2)[c]2cc(C(C)(C)C)cc3c2Cc2ccc(C(C)(C)C)cc2-3)C(C)=C1.[O-2].[O-2]. The molecule has 244 valence electrons. The van der Waals surface area contributed by atoms with Crippen LogP contribution in [0.4, 0.5) is 0 Å². The molecule has 4 aromatic rings. The van der Waals surface area contributed by atoms with E-state index >= 15 is 0 Å². The first-order chi connectivity index (χ1) is 21.7. The van der Waals surface area contributed by atoms with E-state index in [4.69, 9.17) is 0 Å². The van der Waals surface area contributed by atoms with E-state index < -0.39 is 21.3 Å². The molecule has 48 heavy (non-hydrogen) atoms. The van der Waals surface area contributed by atoms with Gasteiger partial charge < -0.3 is 11.0 Å². The first-order valence-corrected chi connectivity index (χ1v) is 20.2. The first kappa shape index (κ1) is 37.2. The van der Waals surface area contributed by atoms with Crippen LogP contribution in [0.15, 0.2) is 114 Å². The van der Waals surface area contributed by atoms with Gasteiger partial charge in [0, 0.05) is 0 Å². The molecule has 0 spiro atoms. The van der Waals surface area contributed by atoms with Gasteiger partial charge in [-0.25, -0.2) is 0 Å². The van der Waals surface area contributed by atoms with Crippen molar-refractivity contribution in [2.45, 2.75) is 76.3 Å². The largest absolute Gasteiger partial charge is 2.00 e. The molecule has 0 amide bonds. The van der Waals surface area contributed by atoms with Crippen molar-refractivity contribution >= 4 is 18.0 Å². The summed E-state index contributed by atoms with van der Waals surface area (Å²) in [6, 6.07) is 30.6. The number of Topliss-reactive ketones (excluding diaryl/α,β-unsaturated/α-hetero) is 2. The fourth-order valence-electron chi connectivity index (χ4n) is 6.89. The second kappa shape index (κ2) is 14.1. The van der Waals surface area contributed by atoms with E-state index in [1.54, 1.807) is 0 Å². The van der Waals surface area contributed by atoms with E-state index in [1.807, 2.05) is 60.7 Å². The van der Waals surface area contributed by atoms with Crippen LogP contribution >= 0.6 is 0 Å². The van der Waals surface area contributed by atoms with E-state index in [-0.39, 0.29) is 37.0 Å². The Labute approximate surface area is 293 Å². The maximum absolute atomic E-state index is 14.8. The predicted molar refractivity (Wildman–Crippen MR) is 191 cm³/mol. The smallest absolute Gasteiger partial charge is 2.00 e. The molecule has 6 rings (SSSR count). The van der Waals surface area contributed by atoms with Crippen LogP contribution in [-0.4, -0.2) is 14.8 Å². The van der Waals surface area contributed by atoms with Gasteiger partial charge >= 0.3 is 284 Å². The van der Waals surface area contributed by atoms with Crippen molar-refractivity contribution in [3.63, 3.8) is 0 Å². The standard InChI is InChI=1S/C21H25.C15H10O2.C7H9.2O.Zr/c1-20(2,3)16-9-7-14-11-15-8-10-17(21(4,5)6)13-19(15)18(14)12-16;16-14(12-7-3-1-4-8-12)11-15(17)13-9-5-2-6-10-13;1-6-3-4-7(2)5-6;;;/h7,9-10,12-13H,11H2,1-6H3;1-10H;3-5H,1-2H3;;;/q;;;2*-2;+4. The minimum atomic E-state index is -3.44. The molecule has 5 heteroatoms. The van der Waals surface area contributed by atoms with Gasteiger partial charge in [0.1, 0.15) is 0 Å². The Morgan fingerprint density at radius 3 is 1.67 bits per heavy atom. The fourth-order valence-corrected chi connectivity index (χ4v) is 15.5. The number of hydrogen-bond donors (Lipinski definition) is 0. The van der Waals surface area contributed by atoms with Crippen LogP contribution in [0.25, 0.3) is 11.1 Å². The number of rotatable bonds is 6. The molecule has 0 saturated carbocycles. The number of hydrogen-bond acceptors (Lipinski definition) is 2. The molecule has 0 radical (unpaired) electrons. The summed E-state index contributed by atoms with van der Waals surface area (Å²) in [5.41, 5.74) is 11.4. The predicted octanol–water partition coefficient (Wildman–Crippen LogP) is 9.49. The summed E-state index contributed by atoms with van der Waals surface area (Å²) < 4.78 is 1.89. The fraction of sp³-hybridized carbons (Fsp3) is 0.279. The van der Waals surface area contributed by atoms with Crippen molar-refractivity contribution in [3.05, 3.63) is 148 Å². The summed E-state index contributed by atoms with van der Waals surface area (Å²) in [6.07, 6.45) is 5.42. The summed E-state index contributed by atoms with van der Waals surface area (Å²) in [7, 11) is 0. The zero-order valence-electron chi connectivity index (χ0n) is 29.2. The average molecular weight is 716 g/mol. The molecule has 0 fully saturated rings. The maximum Gasteiger partial charge on any atom is -2.00 e. The monoisotopic (exact) mass is 714 g/mol. The van der Waals surface area contributed by atoms with Crippen molar-refractivity contribution in [1.29, 1.82) is 0 Å². The van der Waals surface area contributed by atoms with Crippen LogP contribution in [0.3, 0.4) is 0 Å². The molecule has 0 aliphatic heterocycles. The Morgan fingerprint density at radius 2 is 1.19 bits per heavy atom. The van der Waals surface area contributed by atoms with Gasteiger partial charge in [-0.3, -0.25) is 0 Å². The third-order valence-corrected chi connectivity index (χ3v) is 17.5. The third-order valence-electron chi connectivity index (χ3n) is 9.52. The molecular formula is C43H44O4Zr. The molecule has 0 saturated heterocycles. The Morgan fingerprint density at radius 1 is 0.667 bits per heavy atom. The van der Waals surface area contributed by atoms with Crippen LogP contribution < -0.4 is 3.27 Å². The Balaban J connectivity index is 0.00000260. The average Bonchev–Trinajstić information content (AvgIpc) is 3.56. The van der Waals surface area contributed by atoms with Crippen LogP contribution in [0.1, 0.15) is 98.4 Å². The van der Waals surface area contributed by atoms with E-state index in [0.717, 1.165) is 6.42 Å². The van der Waals surface area contributed by atoms with Gasteiger partial charge in [0.2, 0.25) is 0 Å². The van der Waals surface area contributed by atoms with E-state index in [2.05, 4.69) is 97.9 Å². The number of benzene rings is 4. The molecule has 0 aromatic heterocycles. The normalized spacial score (nSPS) is 15.2. The van der Waals surface area contributed by atoms with Crippen LogP contribution in [0.5, 0.6) is 0 Å². The molecule has 1 unspecified atom stereocenters. The van der Waals surface area contributed by atoms with Gasteiger partial charge in [-0.1, -0.05) is 0 Å². The van der Waals surface area contributed by atoms with Crippen molar-refractivity contribution in [3.8, 4) is 11.1 Å². The summed E-state index contributed by atoms with van der Waals surface area (Å²) in [4.78, 5) is 29.7. The molecule has 4 nitrogen and oxygen atoms in total. The molecule has 1 atom stereocenters. The maximum atomic E-state index is 14.8. The number of carbonyl (C=O) groups is 2. The number of ketones is 2. The Hall–Kier alpha value is -3.63.